The lowest BCUT2D eigenvalue weighted by Crippen LogP contribution is -2.04. The largest absolute Gasteiger partial charge is 0.488 e. The minimum absolute atomic E-state index is 0.405. The van der Waals surface area contributed by atoms with Gasteiger partial charge in [0.15, 0.2) is 0 Å². The van der Waals surface area contributed by atoms with Gasteiger partial charge < -0.3 is 10.5 Å². The van der Waals surface area contributed by atoms with Crippen molar-refractivity contribution in [2.24, 2.45) is 5.73 Å². The highest BCUT2D eigenvalue weighted by Crippen LogP contribution is 2.29. The Morgan fingerprint density at radius 2 is 2.43 bits per heavy atom. The van der Waals surface area contributed by atoms with Crippen LogP contribution in [-0.4, -0.2) is 17.3 Å². The lowest BCUT2D eigenvalue weighted by Gasteiger charge is -2.09. The predicted octanol–water partition coefficient (Wildman–Crippen LogP) is 1.80. The van der Waals surface area contributed by atoms with Gasteiger partial charge in [-0.3, -0.25) is 0 Å². The van der Waals surface area contributed by atoms with Crippen LogP contribution in [0.5, 0.6) is 5.75 Å². The number of hydrogen-bond acceptors (Lipinski definition) is 4. The molecule has 1 aromatic rings. The van der Waals surface area contributed by atoms with Crippen LogP contribution in [0.2, 0.25) is 0 Å². The number of pyridine rings is 1. The van der Waals surface area contributed by atoms with Crippen molar-refractivity contribution in [1.29, 1.82) is 0 Å². The average molecular weight is 210 g/mol. The first-order valence-electron chi connectivity index (χ1n) is 4.73. The summed E-state index contributed by atoms with van der Waals surface area (Å²) in [4.78, 5) is 4.27. The van der Waals surface area contributed by atoms with Crippen molar-refractivity contribution in [2.75, 3.05) is 6.26 Å². The summed E-state index contributed by atoms with van der Waals surface area (Å²) in [6.07, 6.45) is 6.51. The molecule has 0 unspecified atom stereocenters. The molecule has 14 heavy (non-hydrogen) atoms. The van der Waals surface area contributed by atoms with Crippen LogP contribution < -0.4 is 10.5 Å². The Balaban J connectivity index is 2.19. The van der Waals surface area contributed by atoms with Gasteiger partial charge in [0.1, 0.15) is 5.75 Å². The molecule has 0 aromatic carbocycles. The molecule has 1 saturated carbocycles. The fourth-order valence-corrected chi connectivity index (χ4v) is 1.62. The van der Waals surface area contributed by atoms with Gasteiger partial charge in [-0.05, 0) is 25.2 Å². The third kappa shape index (κ3) is 2.19. The second-order valence-electron chi connectivity index (χ2n) is 3.36. The van der Waals surface area contributed by atoms with Crippen LogP contribution in [0.15, 0.2) is 17.3 Å². The molecular weight excluding hydrogens is 196 g/mol. The maximum Gasteiger partial charge on any atom is 0.142 e. The van der Waals surface area contributed by atoms with Crippen molar-refractivity contribution >= 4 is 11.8 Å². The van der Waals surface area contributed by atoms with Crippen LogP contribution in [0.4, 0.5) is 0 Å². The molecule has 1 fully saturated rings. The topological polar surface area (TPSA) is 48.1 Å². The summed E-state index contributed by atoms with van der Waals surface area (Å²) in [5.74, 6) is 0.854. The van der Waals surface area contributed by atoms with Gasteiger partial charge in [0.05, 0.1) is 17.3 Å². The van der Waals surface area contributed by atoms with E-state index >= 15 is 0 Å². The SMILES string of the molecule is CSc1cc(CN)c(OC2CC2)cn1. The molecule has 4 heteroatoms. The fourth-order valence-electron chi connectivity index (χ4n) is 1.21. The predicted molar refractivity (Wildman–Crippen MR) is 57.6 cm³/mol. The molecule has 2 rings (SSSR count). The van der Waals surface area contributed by atoms with E-state index in [0.29, 0.717) is 12.6 Å². The van der Waals surface area contributed by atoms with Crippen molar-refractivity contribution in [3.63, 3.8) is 0 Å². The van der Waals surface area contributed by atoms with Crippen molar-refractivity contribution in [2.45, 2.75) is 30.5 Å². The summed E-state index contributed by atoms with van der Waals surface area (Å²) in [6.45, 7) is 0.512. The van der Waals surface area contributed by atoms with E-state index in [4.69, 9.17) is 10.5 Å². The first-order chi connectivity index (χ1) is 6.83. The van der Waals surface area contributed by atoms with Gasteiger partial charge in [-0.15, -0.1) is 11.8 Å². The monoisotopic (exact) mass is 210 g/mol. The van der Waals surface area contributed by atoms with Gasteiger partial charge in [0.2, 0.25) is 0 Å². The van der Waals surface area contributed by atoms with Gasteiger partial charge in [-0.1, -0.05) is 0 Å². The fraction of sp³-hybridized carbons (Fsp3) is 0.500. The van der Waals surface area contributed by atoms with Gasteiger partial charge in [0, 0.05) is 12.1 Å². The third-order valence-electron chi connectivity index (χ3n) is 2.17. The van der Waals surface area contributed by atoms with Crippen molar-refractivity contribution in [1.82, 2.24) is 4.98 Å². The van der Waals surface area contributed by atoms with E-state index in [2.05, 4.69) is 4.98 Å². The molecule has 0 atom stereocenters. The van der Waals surface area contributed by atoms with Crippen LogP contribution in [0.1, 0.15) is 18.4 Å². The smallest absolute Gasteiger partial charge is 0.142 e. The molecule has 0 amide bonds. The number of rotatable bonds is 4. The van der Waals surface area contributed by atoms with Crippen molar-refractivity contribution in [3.05, 3.63) is 17.8 Å². The quantitative estimate of drug-likeness (QED) is 0.770. The highest BCUT2D eigenvalue weighted by molar-refractivity contribution is 7.98. The zero-order valence-corrected chi connectivity index (χ0v) is 9.01. The summed E-state index contributed by atoms with van der Waals surface area (Å²) in [5.41, 5.74) is 6.71. The second kappa shape index (κ2) is 4.19. The Labute approximate surface area is 88.0 Å². The first kappa shape index (κ1) is 9.80. The molecule has 0 saturated heterocycles. The van der Waals surface area contributed by atoms with Crippen LogP contribution in [0, 0.1) is 0 Å². The Morgan fingerprint density at radius 1 is 1.64 bits per heavy atom. The Hall–Kier alpha value is -0.740. The number of ether oxygens (including phenoxy) is 1. The van der Waals surface area contributed by atoms with Gasteiger partial charge >= 0.3 is 0 Å². The second-order valence-corrected chi connectivity index (χ2v) is 4.18. The van der Waals surface area contributed by atoms with Crippen LogP contribution >= 0.6 is 11.8 Å². The van der Waals surface area contributed by atoms with E-state index in [1.807, 2.05) is 12.3 Å². The van der Waals surface area contributed by atoms with E-state index in [-0.39, 0.29) is 0 Å². The minimum atomic E-state index is 0.405. The summed E-state index contributed by atoms with van der Waals surface area (Å²) in [7, 11) is 0. The summed E-state index contributed by atoms with van der Waals surface area (Å²) in [5, 5.41) is 0.994. The molecule has 0 radical (unpaired) electrons. The number of aromatic nitrogens is 1. The molecule has 2 N–H and O–H groups in total. The highest BCUT2D eigenvalue weighted by Gasteiger charge is 2.24. The molecule has 3 nitrogen and oxygen atoms in total. The third-order valence-corrected chi connectivity index (χ3v) is 2.81. The van der Waals surface area contributed by atoms with Crippen molar-refractivity contribution in [3.8, 4) is 5.75 Å². The summed E-state index contributed by atoms with van der Waals surface area (Å²) >= 11 is 1.62. The maximum atomic E-state index is 5.70. The molecule has 1 aliphatic carbocycles. The molecule has 1 aliphatic rings. The van der Waals surface area contributed by atoms with Crippen LogP contribution in [-0.2, 0) is 6.54 Å². The van der Waals surface area contributed by atoms with Crippen LogP contribution in [0.3, 0.4) is 0 Å². The molecule has 1 heterocycles. The minimum Gasteiger partial charge on any atom is -0.488 e. The molecule has 1 aromatic heterocycles. The number of thioether (sulfide) groups is 1. The van der Waals surface area contributed by atoms with E-state index in [0.717, 1.165) is 29.2 Å². The number of nitrogens with two attached hydrogens (primary N) is 1. The highest BCUT2D eigenvalue weighted by atomic mass is 32.2. The van der Waals surface area contributed by atoms with Crippen LogP contribution in [0.25, 0.3) is 0 Å². The first-order valence-corrected chi connectivity index (χ1v) is 5.95. The zero-order chi connectivity index (χ0) is 9.97. The maximum absolute atomic E-state index is 5.70. The van der Waals surface area contributed by atoms with Crippen molar-refractivity contribution < 1.29 is 4.74 Å². The Bertz CT molecular complexity index is 326. The number of hydrogen-bond donors (Lipinski definition) is 1. The molecular formula is C10H14N2OS. The van der Waals surface area contributed by atoms with Gasteiger partial charge in [-0.25, -0.2) is 4.98 Å². The molecule has 0 spiro atoms. The van der Waals surface area contributed by atoms with E-state index in [1.54, 1.807) is 18.0 Å². The lowest BCUT2D eigenvalue weighted by molar-refractivity contribution is 0.298. The van der Waals surface area contributed by atoms with E-state index in [1.165, 1.54) is 0 Å². The molecule has 76 valence electrons. The summed E-state index contributed by atoms with van der Waals surface area (Å²) in [6, 6.07) is 2.00. The average Bonchev–Trinajstić information content (AvgIpc) is 3.02. The van der Waals surface area contributed by atoms with E-state index in [9.17, 15) is 0 Å². The van der Waals surface area contributed by atoms with Gasteiger partial charge in [-0.2, -0.15) is 0 Å². The Kier molecular flexibility index (Phi) is 2.93. The standard InChI is InChI=1S/C10H14N2OS/c1-14-10-4-7(5-11)9(6-12-10)13-8-2-3-8/h4,6,8H,2-3,5,11H2,1H3. The lowest BCUT2D eigenvalue weighted by atomic mass is 10.2. The van der Waals surface area contributed by atoms with E-state index < -0.39 is 0 Å². The molecule has 0 aliphatic heterocycles. The Morgan fingerprint density at radius 3 is 3.00 bits per heavy atom. The zero-order valence-electron chi connectivity index (χ0n) is 8.19. The normalized spacial score (nSPS) is 15.6. The summed E-state index contributed by atoms with van der Waals surface area (Å²) < 4.78 is 5.70. The number of nitrogens with zero attached hydrogens (tertiary/aromatic N) is 1. The molecule has 0 bridgehead atoms. The van der Waals surface area contributed by atoms with Gasteiger partial charge in [0.25, 0.3) is 0 Å².